The number of rotatable bonds is 2. The molecule has 2 fully saturated rings. The van der Waals surface area contributed by atoms with Crippen LogP contribution < -0.4 is 0 Å². The summed E-state index contributed by atoms with van der Waals surface area (Å²) < 4.78 is 5.54. The molecule has 1 heterocycles. The Morgan fingerprint density at radius 2 is 2.00 bits per heavy atom. The summed E-state index contributed by atoms with van der Waals surface area (Å²) in [5, 5.41) is 20.8. The van der Waals surface area contributed by atoms with Gasteiger partial charge in [-0.2, -0.15) is 0 Å². The summed E-state index contributed by atoms with van der Waals surface area (Å²) in [7, 11) is 0. The molecule has 0 aromatic carbocycles. The van der Waals surface area contributed by atoms with E-state index in [1.807, 2.05) is 0 Å². The fourth-order valence-corrected chi connectivity index (χ4v) is 3.52. The highest BCUT2D eigenvalue weighted by molar-refractivity contribution is 5.01. The molecular formula is C14H26O3. The first-order valence-electron chi connectivity index (χ1n) is 7.03. The van der Waals surface area contributed by atoms with E-state index < -0.39 is 11.0 Å². The van der Waals surface area contributed by atoms with Crippen LogP contribution in [-0.4, -0.2) is 35.6 Å². The van der Waals surface area contributed by atoms with Gasteiger partial charge in [-0.3, -0.25) is 0 Å². The highest BCUT2D eigenvalue weighted by atomic mass is 16.5. The predicted molar refractivity (Wildman–Crippen MR) is 66.8 cm³/mol. The van der Waals surface area contributed by atoms with E-state index in [1.165, 1.54) is 6.42 Å². The van der Waals surface area contributed by atoms with E-state index in [1.54, 1.807) is 0 Å². The van der Waals surface area contributed by atoms with Crippen LogP contribution in [0.25, 0.3) is 0 Å². The maximum atomic E-state index is 11.0. The second-order valence-corrected chi connectivity index (χ2v) is 6.16. The molecule has 3 unspecified atom stereocenters. The topological polar surface area (TPSA) is 49.7 Å². The second kappa shape index (κ2) is 5.25. The Hall–Kier alpha value is -0.120. The molecule has 3 heteroatoms. The largest absolute Gasteiger partial charge is 0.396 e. The third-order valence-corrected chi connectivity index (χ3v) is 4.95. The first kappa shape index (κ1) is 13.3. The zero-order valence-corrected chi connectivity index (χ0v) is 11.0. The molecule has 1 saturated carbocycles. The van der Waals surface area contributed by atoms with E-state index in [0.717, 1.165) is 45.1 Å². The van der Waals surface area contributed by atoms with Crippen LogP contribution in [0.2, 0.25) is 0 Å². The van der Waals surface area contributed by atoms with Crippen LogP contribution in [0.4, 0.5) is 0 Å². The van der Waals surface area contributed by atoms with Crippen LogP contribution in [0.1, 0.15) is 51.9 Å². The molecule has 2 N–H and O–H groups in total. The van der Waals surface area contributed by atoms with Gasteiger partial charge in [0.2, 0.25) is 0 Å². The lowest BCUT2D eigenvalue weighted by atomic mass is 9.65. The number of ether oxygens (including phenoxy) is 1. The van der Waals surface area contributed by atoms with Crippen molar-refractivity contribution in [3.05, 3.63) is 0 Å². The summed E-state index contributed by atoms with van der Waals surface area (Å²) in [5.41, 5.74) is -1.12. The van der Waals surface area contributed by atoms with Crippen molar-refractivity contribution >= 4 is 0 Å². The molecule has 0 radical (unpaired) electrons. The number of aliphatic hydroxyl groups is 2. The molecule has 1 aliphatic carbocycles. The summed E-state index contributed by atoms with van der Waals surface area (Å²) in [4.78, 5) is 0. The van der Waals surface area contributed by atoms with Crippen LogP contribution in [0.5, 0.6) is 0 Å². The summed E-state index contributed by atoms with van der Waals surface area (Å²) in [6, 6.07) is 0. The third kappa shape index (κ3) is 2.51. The van der Waals surface area contributed by atoms with Gasteiger partial charge in [0.05, 0.1) is 18.8 Å². The van der Waals surface area contributed by atoms with Gasteiger partial charge in [-0.15, -0.1) is 0 Å². The van der Waals surface area contributed by atoms with Gasteiger partial charge in [0, 0.05) is 12.0 Å². The van der Waals surface area contributed by atoms with Crippen LogP contribution in [0.3, 0.4) is 0 Å². The van der Waals surface area contributed by atoms with Gasteiger partial charge in [0.15, 0.2) is 0 Å². The third-order valence-electron chi connectivity index (χ3n) is 4.95. The first-order chi connectivity index (χ1) is 8.12. The molecule has 0 aromatic rings. The molecule has 0 amide bonds. The molecule has 2 aliphatic rings. The quantitative estimate of drug-likeness (QED) is 0.729. The van der Waals surface area contributed by atoms with E-state index in [0.29, 0.717) is 12.5 Å². The van der Waals surface area contributed by atoms with Crippen LogP contribution in [-0.2, 0) is 4.74 Å². The van der Waals surface area contributed by atoms with Gasteiger partial charge < -0.3 is 14.9 Å². The zero-order chi connectivity index (χ0) is 12.4. The van der Waals surface area contributed by atoms with Crippen molar-refractivity contribution in [2.24, 2.45) is 11.3 Å². The monoisotopic (exact) mass is 242 g/mol. The lowest BCUT2D eigenvalue weighted by Gasteiger charge is -2.48. The summed E-state index contributed by atoms with van der Waals surface area (Å²) in [6.07, 6.45) is 6.83. The minimum Gasteiger partial charge on any atom is -0.396 e. The molecule has 0 spiro atoms. The van der Waals surface area contributed by atoms with E-state index in [4.69, 9.17) is 4.74 Å². The Labute approximate surface area is 104 Å². The van der Waals surface area contributed by atoms with E-state index in [9.17, 15) is 10.2 Å². The van der Waals surface area contributed by atoms with E-state index in [-0.39, 0.29) is 6.61 Å². The average molecular weight is 242 g/mol. The highest BCUT2D eigenvalue weighted by Crippen LogP contribution is 2.46. The van der Waals surface area contributed by atoms with Gasteiger partial charge in [-0.25, -0.2) is 0 Å². The fraction of sp³-hybridized carbons (Fsp3) is 1.00. The fourth-order valence-electron chi connectivity index (χ4n) is 3.52. The Balaban J connectivity index is 2.15. The Bertz CT molecular complexity index is 248. The van der Waals surface area contributed by atoms with Crippen LogP contribution in [0, 0.1) is 11.3 Å². The van der Waals surface area contributed by atoms with Gasteiger partial charge in [0.25, 0.3) is 0 Å². The second-order valence-electron chi connectivity index (χ2n) is 6.16. The predicted octanol–water partition coefficient (Wildman–Crippen LogP) is 2.11. The molecular weight excluding hydrogens is 216 g/mol. The SMILES string of the molecule is CC1CCCC(O)(C2(CO)CCCOC2)CC1. The minimum atomic E-state index is -0.715. The van der Waals surface area contributed by atoms with Crippen molar-refractivity contribution in [1.82, 2.24) is 0 Å². The van der Waals surface area contributed by atoms with E-state index >= 15 is 0 Å². The zero-order valence-electron chi connectivity index (χ0n) is 11.0. The molecule has 100 valence electrons. The molecule has 3 nitrogen and oxygen atoms in total. The van der Waals surface area contributed by atoms with Crippen molar-refractivity contribution < 1.29 is 14.9 Å². The Morgan fingerprint density at radius 3 is 2.65 bits per heavy atom. The molecule has 17 heavy (non-hydrogen) atoms. The lowest BCUT2D eigenvalue weighted by Crippen LogP contribution is -2.55. The summed E-state index contributed by atoms with van der Waals surface area (Å²) >= 11 is 0. The highest BCUT2D eigenvalue weighted by Gasteiger charge is 2.50. The van der Waals surface area contributed by atoms with Crippen LogP contribution >= 0.6 is 0 Å². The molecule has 1 aliphatic heterocycles. The average Bonchev–Trinajstić information content (AvgIpc) is 2.53. The van der Waals surface area contributed by atoms with Crippen molar-refractivity contribution in [1.29, 1.82) is 0 Å². The molecule has 0 aromatic heterocycles. The molecule has 1 saturated heterocycles. The maximum absolute atomic E-state index is 11.0. The number of aliphatic hydroxyl groups excluding tert-OH is 1. The molecule has 0 bridgehead atoms. The van der Waals surface area contributed by atoms with E-state index in [2.05, 4.69) is 6.92 Å². The summed E-state index contributed by atoms with van der Waals surface area (Å²) in [6.45, 7) is 3.61. The van der Waals surface area contributed by atoms with Gasteiger partial charge >= 0.3 is 0 Å². The summed E-state index contributed by atoms with van der Waals surface area (Å²) in [5.74, 6) is 0.698. The van der Waals surface area contributed by atoms with Gasteiger partial charge in [0.1, 0.15) is 0 Å². The molecule has 3 atom stereocenters. The minimum absolute atomic E-state index is 0.0535. The smallest absolute Gasteiger partial charge is 0.0747 e. The normalized spacial score (nSPS) is 44.3. The number of hydrogen-bond acceptors (Lipinski definition) is 3. The van der Waals surface area contributed by atoms with Gasteiger partial charge in [-0.1, -0.05) is 19.8 Å². The lowest BCUT2D eigenvalue weighted by molar-refractivity contribution is -0.173. The Morgan fingerprint density at radius 1 is 1.18 bits per heavy atom. The van der Waals surface area contributed by atoms with Crippen molar-refractivity contribution in [3.63, 3.8) is 0 Å². The first-order valence-corrected chi connectivity index (χ1v) is 7.03. The van der Waals surface area contributed by atoms with Gasteiger partial charge in [-0.05, 0) is 38.0 Å². The Kier molecular flexibility index (Phi) is 4.11. The van der Waals surface area contributed by atoms with Crippen LogP contribution in [0.15, 0.2) is 0 Å². The number of hydrogen-bond donors (Lipinski definition) is 2. The van der Waals surface area contributed by atoms with Crippen molar-refractivity contribution in [2.45, 2.75) is 57.5 Å². The van der Waals surface area contributed by atoms with Crippen molar-refractivity contribution in [3.8, 4) is 0 Å². The molecule has 2 rings (SSSR count). The standard InChI is InChI=1S/C14H26O3/c1-12-4-2-7-14(16,8-5-12)13(10-15)6-3-9-17-11-13/h12,15-16H,2-11H2,1H3. The maximum Gasteiger partial charge on any atom is 0.0747 e. The van der Waals surface area contributed by atoms with Crippen molar-refractivity contribution in [2.75, 3.05) is 19.8 Å².